The van der Waals surface area contributed by atoms with Gasteiger partial charge in [0.25, 0.3) is 0 Å². The second-order valence-corrected chi connectivity index (χ2v) is 6.09. The van der Waals surface area contributed by atoms with Gasteiger partial charge in [-0.05, 0) is 62.1 Å². The molecule has 1 aromatic carbocycles. The summed E-state index contributed by atoms with van der Waals surface area (Å²) >= 11 is 0. The topological polar surface area (TPSA) is 29.1 Å². The zero-order valence-corrected chi connectivity index (χ0v) is 11.2. The molecule has 0 aromatic heterocycles. The summed E-state index contributed by atoms with van der Waals surface area (Å²) in [5, 5.41) is 3.14. The molecule has 3 atom stereocenters. The normalized spacial score (nSPS) is 29.6. The Kier molecular flexibility index (Phi) is 2.89. The van der Waals surface area contributed by atoms with Gasteiger partial charge in [0.2, 0.25) is 5.91 Å². The van der Waals surface area contributed by atoms with Crippen LogP contribution in [0.2, 0.25) is 0 Å². The van der Waals surface area contributed by atoms with Gasteiger partial charge in [-0.15, -0.1) is 0 Å². The number of nitrogens with one attached hydrogen (secondary N) is 1. The first-order valence-electron chi connectivity index (χ1n) is 7.01. The number of benzene rings is 1. The van der Waals surface area contributed by atoms with Crippen molar-refractivity contribution in [2.24, 2.45) is 17.8 Å². The van der Waals surface area contributed by atoms with E-state index in [1.54, 1.807) is 0 Å². The summed E-state index contributed by atoms with van der Waals surface area (Å²) in [5.41, 5.74) is 3.34. The SMILES string of the molecule is Cc1ccc(C)c(NC(=O)[C@H]2C[C@H]3CC[C@@H]2C3)c1. The van der Waals surface area contributed by atoms with E-state index >= 15 is 0 Å². The van der Waals surface area contributed by atoms with Crippen LogP contribution in [0.5, 0.6) is 0 Å². The Morgan fingerprint density at radius 2 is 2.06 bits per heavy atom. The van der Waals surface area contributed by atoms with Crippen LogP contribution in [0.15, 0.2) is 18.2 Å². The molecule has 2 nitrogen and oxygen atoms in total. The van der Waals surface area contributed by atoms with E-state index in [2.05, 4.69) is 37.4 Å². The van der Waals surface area contributed by atoms with Crippen molar-refractivity contribution in [2.45, 2.75) is 39.5 Å². The number of fused-ring (bicyclic) bond motifs is 2. The van der Waals surface area contributed by atoms with Gasteiger partial charge in [0.05, 0.1) is 0 Å². The standard InChI is InChI=1S/C16H21NO/c1-10-3-4-11(2)15(7-10)17-16(18)14-9-12-5-6-13(14)8-12/h3-4,7,12-14H,5-6,8-9H2,1-2H3,(H,17,18)/t12-,13+,14-/m0/s1. The lowest BCUT2D eigenvalue weighted by Crippen LogP contribution is -2.27. The first-order valence-corrected chi connectivity index (χ1v) is 7.01. The van der Waals surface area contributed by atoms with Gasteiger partial charge in [-0.2, -0.15) is 0 Å². The van der Waals surface area contributed by atoms with Gasteiger partial charge >= 0.3 is 0 Å². The summed E-state index contributed by atoms with van der Waals surface area (Å²) in [6.07, 6.45) is 5.00. The van der Waals surface area contributed by atoms with Crippen LogP contribution in [-0.4, -0.2) is 5.91 Å². The molecule has 1 N–H and O–H groups in total. The summed E-state index contributed by atoms with van der Waals surface area (Å²) in [6.45, 7) is 4.11. The van der Waals surface area contributed by atoms with Crippen LogP contribution in [0.3, 0.4) is 0 Å². The van der Waals surface area contributed by atoms with E-state index < -0.39 is 0 Å². The largest absolute Gasteiger partial charge is 0.326 e. The monoisotopic (exact) mass is 243 g/mol. The van der Waals surface area contributed by atoms with Gasteiger partial charge in [0.15, 0.2) is 0 Å². The van der Waals surface area contributed by atoms with Gasteiger partial charge in [0, 0.05) is 11.6 Å². The first kappa shape index (κ1) is 11.8. The number of aryl methyl sites for hydroxylation is 2. The maximum atomic E-state index is 12.4. The van der Waals surface area contributed by atoms with E-state index in [9.17, 15) is 4.79 Å². The molecule has 0 unspecified atom stereocenters. The average Bonchev–Trinajstić information content (AvgIpc) is 2.96. The lowest BCUT2D eigenvalue weighted by Gasteiger charge is -2.21. The number of carbonyl (C=O) groups is 1. The minimum Gasteiger partial charge on any atom is -0.326 e. The zero-order valence-electron chi connectivity index (χ0n) is 11.2. The predicted octanol–water partition coefficient (Wildman–Crippen LogP) is 3.68. The van der Waals surface area contributed by atoms with E-state index in [1.807, 2.05) is 0 Å². The van der Waals surface area contributed by atoms with Crippen LogP contribution in [-0.2, 0) is 4.79 Å². The van der Waals surface area contributed by atoms with Crippen molar-refractivity contribution in [1.82, 2.24) is 0 Å². The highest BCUT2D eigenvalue weighted by Crippen LogP contribution is 2.48. The molecular weight excluding hydrogens is 222 g/mol. The lowest BCUT2D eigenvalue weighted by atomic mass is 9.88. The molecule has 2 aliphatic carbocycles. The molecule has 2 saturated carbocycles. The Morgan fingerprint density at radius 3 is 2.72 bits per heavy atom. The molecule has 1 amide bonds. The van der Waals surface area contributed by atoms with Crippen LogP contribution >= 0.6 is 0 Å². The maximum Gasteiger partial charge on any atom is 0.227 e. The van der Waals surface area contributed by atoms with E-state index in [1.165, 1.54) is 24.8 Å². The predicted molar refractivity (Wildman–Crippen MR) is 73.5 cm³/mol. The number of rotatable bonds is 2. The van der Waals surface area contributed by atoms with Gasteiger partial charge in [-0.25, -0.2) is 0 Å². The Bertz CT molecular complexity index is 480. The molecule has 2 bridgehead atoms. The molecule has 0 saturated heterocycles. The van der Waals surface area contributed by atoms with Crippen LogP contribution in [0.1, 0.15) is 36.8 Å². The van der Waals surface area contributed by atoms with Crippen LogP contribution in [0.25, 0.3) is 0 Å². The number of hydrogen-bond donors (Lipinski definition) is 1. The molecule has 0 heterocycles. The van der Waals surface area contributed by atoms with Crippen molar-refractivity contribution < 1.29 is 4.79 Å². The summed E-state index contributed by atoms with van der Waals surface area (Å²) in [4.78, 5) is 12.4. The second kappa shape index (κ2) is 4.42. The Labute approximate surface area is 109 Å². The van der Waals surface area contributed by atoms with E-state index in [0.29, 0.717) is 5.92 Å². The quantitative estimate of drug-likeness (QED) is 0.843. The second-order valence-electron chi connectivity index (χ2n) is 6.09. The fourth-order valence-electron chi connectivity index (χ4n) is 3.66. The highest BCUT2D eigenvalue weighted by molar-refractivity contribution is 5.93. The van der Waals surface area contributed by atoms with Crippen molar-refractivity contribution in [1.29, 1.82) is 0 Å². The molecular formula is C16H21NO. The minimum atomic E-state index is 0.246. The molecule has 3 rings (SSSR count). The number of anilines is 1. The van der Waals surface area contributed by atoms with Crippen molar-refractivity contribution in [3.8, 4) is 0 Å². The number of hydrogen-bond acceptors (Lipinski definition) is 1. The van der Waals surface area contributed by atoms with Crippen LogP contribution < -0.4 is 5.32 Å². The highest BCUT2D eigenvalue weighted by Gasteiger charge is 2.43. The molecule has 1 aromatic rings. The molecule has 0 radical (unpaired) electrons. The van der Waals surface area contributed by atoms with Gasteiger partial charge < -0.3 is 5.32 Å². The van der Waals surface area contributed by atoms with Crippen LogP contribution in [0.4, 0.5) is 5.69 Å². The van der Waals surface area contributed by atoms with Crippen molar-refractivity contribution in [2.75, 3.05) is 5.32 Å². The van der Waals surface area contributed by atoms with Crippen molar-refractivity contribution in [3.63, 3.8) is 0 Å². The van der Waals surface area contributed by atoms with Gasteiger partial charge in [-0.3, -0.25) is 4.79 Å². The summed E-state index contributed by atoms with van der Waals surface area (Å²) in [6, 6.07) is 6.23. The van der Waals surface area contributed by atoms with Gasteiger partial charge in [-0.1, -0.05) is 18.6 Å². The molecule has 0 aliphatic heterocycles. The number of carbonyl (C=O) groups excluding carboxylic acids is 1. The smallest absolute Gasteiger partial charge is 0.227 e. The van der Waals surface area contributed by atoms with Crippen molar-refractivity contribution >= 4 is 11.6 Å². The minimum absolute atomic E-state index is 0.246. The van der Waals surface area contributed by atoms with Crippen LogP contribution in [0, 0.1) is 31.6 Å². The molecule has 2 heteroatoms. The Morgan fingerprint density at radius 1 is 1.22 bits per heavy atom. The Hall–Kier alpha value is -1.31. The molecule has 18 heavy (non-hydrogen) atoms. The third-order valence-corrected chi connectivity index (χ3v) is 4.73. The van der Waals surface area contributed by atoms with E-state index in [0.717, 1.165) is 23.6 Å². The maximum absolute atomic E-state index is 12.4. The zero-order chi connectivity index (χ0) is 12.7. The average molecular weight is 243 g/mol. The third-order valence-electron chi connectivity index (χ3n) is 4.73. The summed E-state index contributed by atoms with van der Waals surface area (Å²) in [7, 11) is 0. The molecule has 0 spiro atoms. The molecule has 96 valence electrons. The Balaban J connectivity index is 1.72. The third kappa shape index (κ3) is 2.05. The first-order chi connectivity index (χ1) is 8.63. The summed E-state index contributed by atoms with van der Waals surface area (Å²) in [5.74, 6) is 1.99. The molecule has 2 aliphatic rings. The summed E-state index contributed by atoms with van der Waals surface area (Å²) < 4.78 is 0. The fraction of sp³-hybridized carbons (Fsp3) is 0.562. The van der Waals surface area contributed by atoms with E-state index in [-0.39, 0.29) is 11.8 Å². The fourth-order valence-corrected chi connectivity index (χ4v) is 3.66. The highest BCUT2D eigenvalue weighted by atomic mass is 16.1. The van der Waals surface area contributed by atoms with Crippen molar-refractivity contribution in [3.05, 3.63) is 29.3 Å². The van der Waals surface area contributed by atoms with E-state index in [4.69, 9.17) is 0 Å². The number of amides is 1. The van der Waals surface area contributed by atoms with Gasteiger partial charge in [0.1, 0.15) is 0 Å². The molecule has 2 fully saturated rings. The lowest BCUT2D eigenvalue weighted by molar-refractivity contribution is -0.121.